The first-order chi connectivity index (χ1) is 13.1. The highest BCUT2D eigenvalue weighted by atomic mass is 35.5. The maximum absolute atomic E-state index is 12.7. The number of anilines is 1. The third-order valence-corrected chi connectivity index (χ3v) is 5.41. The molecule has 9 heteroatoms. The standard InChI is InChI=1S/C19H20Cl2N2O4S/c1-5-27-19(26)14-10(4)15(17(25)22-9(2)3)28-18(14)23-16(24)12-7-6-11(20)8-13(12)21/h6-9H,5H2,1-4H3,(H,22,25)(H,23,24). The Morgan fingerprint density at radius 3 is 2.43 bits per heavy atom. The van der Waals surface area contributed by atoms with Gasteiger partial charge in [-0.2, -0.15) is 0 Å². The number of thiophene rings is 1. The Labute approximate surface area is 177 Å². The molecular weight excluding hydrogens is 423 g/mol. The molecule has 0 aliphatic rings. The molecule has 6 nitrogen and oxygen atoms in total. The number of carbonyl (C=O) groups excluding carboxylic acids is 3. The van der Waals surface area contributed by atoms with Gasteiger partial charge in [0.15, 0.2) is 0 Å². The smallest absolute Gasteiger partial charge is 0.341 e. The zero-order chi connectivity index (χ0) is 21.0. The van der Waals surface area contributed by atoms with E-state index in [1.807, 2.05) is 13.8 Å². The molecule has 2 aromatic rings. The van der Waals surface area contributed by atoms with Crippen molar-refractivity contribution in [3.63, 3.8) is 0 Å². The van der Waals surface area contributed by atoms with Crippen molar-refractivity contribution in [1.29, 1.82) is 0 Å². The van der Waals surface area contributed by atoms with Gasteiger partial charge >= 0.3 is 5.97 Å². The number of hydrogen-bond acceptors (Lipinski definition) is 5. The zero-order valence-corrected chi connectivity index (χ0v) is 18.1. The maximum atomic E-state index is 12.7. The molecule has 0 aliphatic heterocycles. The highest BCUT2D eigenvalue weighted by Crippen LogP contribution is 2.34. The van der Waals surface area contributed by atoms with Crippen LogP contribution in [-0.4, -0.2) is 30.4 Å². The van der Waals surface area contributed by atoms with Crippen LogP contribution in [0.25, 0.3) is 0 Å². The first kappa shape index (κ1) is 22.2. The van der Waals surface area contributed by atoms with Gasteiger partial charge in [0.1, 0.15) is 5.00 Å². The fraction of sp³-hybridized carbons (Fsp3) is 0.316. The van der Waals surface area contributed by atoms with Crippen molar-refractivity contribution in [3.8, 4) is 0 Å². The van der Waals surface area contributed by atoms with Crippen LogP contribution in [-0.2, 0) is 4.74 Å². The minimum Gasteiger partial charge on any atom is -0.462 e. The van der Waals surface area contributed by atoms with Crippen LogP contribution in [0.3, 0.4) is 0 Å². The van der Waals surface area contributed by atoms with Gasteiger partial charge in [0, 0.05) is 11.1 Å². The van der Waals surface area contributed by atoms with E-state index >= 15 is 0 Å². The number of esters is 1. The molecule has 0 radical (unpaired) electrons. The van der Waals surface area contributed by atoms with Crippen LogP contribution in [0.15, 0.2) is 18.2 Å². The van der Waals surface area contributed by atoms with E-state index < -0.39 is 11.9 Å². The van der Waals surface area contributed by atoms with Gasteiger partial charge in [-0.25, -0.2) is 4.79 Å². The SMILES string of the molecule is CCOC(=O)c1c(NC(=O)c2ccc(Cl)cc2Cl)sc(C(=O)NC(C)C)c1C. The first-order valence-corrected chi connectivity index (χ1v) is 10.1. The highest BCUT2D eigenvalue weighted by molar-refractivity contribution is 7.18. The van der Waals surface area contributed by atoms with Crippen LogP contribution in [0.1, 0.15) is 56.7 Å². The van der Waals surface area contributed by atoms with Gasteiger partial charge in [-0.1, -0.05) is 23.2 Å². The Bertz CT molecular complexity index is 925. The van der Waals surface area contributed by atoms with E-state index in [0.29, 0.717) is 15.5 Å². The second-order valence-electron chi connectivity index (χ2n) is 6.19. The molecule has 1 aromatic carbocycles. The predicted molar refractivity (Wildman–Crippen MR) is 112 cm³/mol. The number of ether oxygens (including phenoxy) is 1. The summed E-state index contributed by atoms with van der Waals surface area (Å²) in [6.45, 7) is 7.15. The summed E-state index contributed by atoms with van der Waals surface area (Å²) in [5, 5.41) is 6.24. The molecular formula is C19H20Cl2N2O4S. The fourth-order valence-corrected chi connectivity index (χ4v) is 4.03. The molecule has 2 amide bonds. The molecule has 2 N–H and O–H groups in total. The molecule has 0 atom stereocenters. The quantitative estimate of drug-likeness (QED) is 0.620. The Hall–Kier alpha value is -2.09. The van der Waals surface area contributed by atoms with Crippen molar-refractivity contribution in [2.24, 2.45) is 0 Å². The second-order valence-corrected chi connectivity index (χ2v) is 8.05. The fourth-order valence-electron chi connectivity index (χ4n) is 2.44. The molecule has 0 fully saturated rings. The average molecular weight is 443 g/mol. The maximum Gasteiger partial charge on any atom is 0.341 e. The second kappa shape index (κ2) is 9.41. The Balaban J connectivity index is 2.44. The summed E-state index contributed by atoms with van der Waals surface area (Å²) in [7, 11) is 0. The van der Waals surface area contributed by atoms with E-state index in [2.05, 4.69) is 10.6 Å². The summed E-state index contributed by atoms with van der Waals surface area (Å²) < 4.78 is 5.09. The van der Waals surface area contributed by atoms with Crippen LogP contribution in [0, 0.1) is 6.92 Å². The monoisotopic (exact) mass is 442 g/mol. The summed E-state index contributed by atoms with van der Waals surface area (Å²) in [4.78, 5) is 37.9. The number of halogens is 2. The minimum absolute atomic E-state index is 0.0778. The normalized spacial score (nSPS) is 10.7. The third kappa shape index (κ3) is 5.04. The topological polar surface area (TPSA) is 84.5 Å². The van der Waals surface area contributed by atoms with Crippen LogP contribution >= 0.6 is 34.5 Å². The van der Waals surface area contributed by atoms with Crippen LogP contribution in [0.5, 0.6) is 0 Å². The lowest BCUT2D eigenvalue weighted by atomic mass is 10.1. The third-order valence-electron chi connectivity index (χ3n) is 3.66. The van der Waals surface area contributed by atoms with Crippen LogP contribution < -0.4 is 10.6 Å². The molecule has 1 heterocycles. The Morgan fingerprint density at radius 1 is 1.18 bits per heavy atom. The van der Waals surface area contributed by atoms with Crippen molar-refractivity contribution in [2.45, 2.75) is 33.7 Å². The van der Waals surface area contributed by atoms with Gasteiger partial charge < -0.3 is 15.4 Å². The summed E-state index contributed by atoms with van der Waals surface area (Å²) in [5.41, 5.74) is 0.790. The molecule has 0 bridgehead atoms. The van der Waals surface area contributed by atoms with Gasteiger partial charge in [-0.3, -0.25) is 9.59 Å². The van der Waals surface area contributed by atoms with Crippen molar-refractivity contribution >= 4 is 57.3 Å². The van der Waals surface area contributed by atoms with Crippen molar-refractivity contribution < 1.29 is 19.1 Å². The molecule has 2 rings (SSSR count). The lowest BCUT2D eigenvalue weighted by Crippen LogP contribution is -2.29. The molecule has 28 heavy (non-hydrogen) atoms. The lowest BCUT2D eigenvalue weighted by Gasteiger charge is -2.08. The van der Waals surface area contributed by atoms with Crippen LogP contribution in [0.2, 0.25) is 10.0 Å². The largest absolute Gasteiger partial charge is 0.462 e. The average Bonchev–Trinajstić information content (AvgIpc) is 2.90. The number of benzene rings is 1. The van der Waals surface area contributed by atoms with E-state index in [0.717, 1.165) is 11.3 Å². The highest BCUT2D eigenvalue weighted by Gasteiger charge is 2.27. The molecule has 0 aliphatic carbocycles. The van der Waals surface area contributed by atoms with Crippen LogP contribution in [0.4, 0.5) is 5.00 Å². The number of amides is 2. The van der Waals surface area contributed by atoms with Gasteiger partial charge in [0.25, 0.3) is 11.8 Å². The molecule has 0 saturated heterocycles. The van der Waals surface area contributed by atoms with Gasteiger partial charge in [0.2, 0.25) is 0 Å². The van der Waals surface area contributed by atoms with E-state index in [1.54, 1.807) is 13.8 Å². The zero-order valence-electron chi connectivity index (χ0n) is 15.8. The summed E-state index contributed by atoms with van der Waals surface area (Å²) >= 11 is 13.0. The van der Waals surface area contributed by atoms with Gasteiger partial charge in [-0.15, -0.1) is 11.3 Å². The molecule has 0 unspecified atom stereocenters. The van der Waals surface area contributed by atoms with Gasteiger partial charge in [-0.05, 0) is 51.5 Å². The van der Waals surface area contributed by atoms with E-state index in [4.69, 9.17) is 27.9 Å². The van der Waals surface area contributed by atoms with Crippen molar-refractivity contribution in [3.05, 3.63) is 49.8 Å². The van der Waals surface area contributed by atoms with E-state index in [-0.39, 0.29) is 39.7 Å². The molecule has 1 aromatic heterocycles. The summed E-state index contributed by atoms with van der Waals surface area (Å²) in [6.07, 6.45) is 0. The lowest BCUT2D eigenvalue weighted by molar-refractivity contribution is 0.0527. The Kier molecular flexibility index (Phi) is 7.46. The molecule has 0 saturated carbocycles. The van der Waals surface area contributed by atoms with Gasteiger partial charge in [0.05, 0.1) is 27.6 Å². The number of hydrogen-bond donors (Lipinski definition) is 2. The Morgan fingerprint density at radius 2 is 1.86 bits per heavy atom. The van der Waals surface area contributed by atoms with Crippen molar-refractivity contribution in [2.75, 3.05) is 11.9 Å². The number of nitrogens with one attached hydrogen (secondary N) is 2. The number of carbonyl (C=O) groups is 3. The molecule has 0 spiro atoms. The van der Waals surface area contributed by atoms with E-state index in [9.17, 15) is 14.4 Å². The van der Waals surface area contributed by atoms with Crippen molar-refractivity contribution in [1.82, 2.24) is 5.32 Å². The minimum atomic E-state index is -0.614. The number of rotatable bonds is 6. The first-order valence-electron chi connectivity index (χ1n) is 8.53. The summed E-state index contributed by atoms with van der Waals surface area (Å²) in [5.74, 6) is -1.46. The summed E-state index contributed by atoms with van der Waals surface area (Å²) in [6, 6.07) is 4.39. The predicted octanol–water partition coefficient (Wildman–Crippen LogP) is 4.93. The van der Waals surface area contributed by atoms with E-state index in [1.165, 1.54) is 18.2 Å². The molecule has 150 valence electrons.